The molecule has 3 aromatic rings. The number of nitrogens with zero attached hydrogens (tertiary/aromatic N) is 1. The minimum Gasteiger partial charge on any atom is -0.489 e. The highest BCUT2D eigenvalue weighted by Gasteiger charge is 2.04. The Labute approximate surface area is 166 Å². The smallest absolute Gasteiger partial charge is 0.269 e. The second-order valence-corrected chi connectivity index (χ2v) is 6.65. The van der Waals surface area contributed by atoms with Crippen molar-refractivity contribution in [3.63, 3.8) is 0 Å². The SMILES string of the molecule is O=[N+]([O-])c1ccc(COc2ccc(CNc3ccc(Cl)c(Cl)c3)cc2)cc1. The summed E-state index contributed by atoms with van der Waals surface area (Å²) in [7, 11) is 0. The molecule has 0 unspecified atom stereocenters. The number of rotatable bonds is 7. The highest BCUT2D eigenvalue weighted by molar-refractivity contribution is 6.42. The van der Waals surface area contributed by atoms with Crippen molar-refractivity contribution in [1.29, 1.82) is 0 Å². The first kappa shape index (κ1) is 19.0. The topological polar surface area (TPSA) is 64.4 Å². The standard InChI is InChI=1S/C20H16Cl2N2O3/c21-19-10-5-16(11-20(19)22)23-12-14-3-8-18(9-4-14)27-13-15-1-6-17(7-2-15)24(25)26/h1-11,23H,12-13H2. The van der Waals surface area contributed by atoms with Gasteiger partial charge in [-0.3, -0.25) is 10.1 Å². The van der Waals surface area contributed by atoms with Gasteiger partial charge in [-0.2, -0.15) is 0 Å². The van der Waals surface area contributed by atoms with E-state index in [1.54, 1.807) is 24.3 Å². The molecule has 0 aromatic heterocycles. The van der Waals surface area contributed by atoms with E-state index in [2.05, 4.69) is 5.32 Å². The van der Waals surface area contributed by atoms with Crippen LogP contribution in [-0.4, -0.2) is 4.92 Å². The van der Waals surface area contributed by atoms with E-state index in [1.165, 1.54) is 12.1 Å². The zero-order chi connectivity index (χ0) is 19.2. The fraction of sp³-hybridized carbons (Fsp3) is 0.100. The first-order valence-corrected chi connectivity index (χ1v) is 8.91. The average Bonchev–Trinajstić information content (AvgIpc) is 2.68. The third kappa shape index (κ3) is 5.36. The molecular weight excluding hydrogens is 387 g/mol. The van der Waals surface area contributed by atoms with E-state index in [0.717, 1.165) is 22.6 Å². The molecule has 3 rings (SSSR count). The Hall–Kier alpha value is -2.76. The summed E-state index contributed by atoms with van der Waals surface area (Å²) in [4.78, 5) is 10.2. The second kappa shape index (κ2) is 8.75. The van der Waals surface area contributed by atoms with Crippen molar-refractivity contribution in [2.24, 2.45) is 0 Å². The Morgan fingerprint density at radius 3 is 2.19 bits per heavy atom. The monoisotopic (exact) mass is 402 g/mol. The normalized spacial score (nSPS) is 10.4. The summed E-state index contributed by atoms with van der Waals surface area (Å²) in [6.45, 7) is 0.986. The number of nitro groups is 1. The van der Waals surface area contributed by atoms with Crippen molar-refractivity contribution < 1.29 is 9.66 Å². The largest absolute Gasteiger partial charge is 0.489 e. The number of halogens is 2. The lowest BCUT2D eigenvalue weighted by Crippen LogP contribution is -2.00. The van der Waals surface area contributed by atoms with Crippen LogP contribution in [0.15, 0.2) is 66.7 Å². The molecule has 138 valence electrons. The molecule has 0 aliphatic carbocycles. The van der Waals surface area contributed by atoms with Gasteiger partial charge in [0, 0.05) is 24.4 Å². The van der Waals surface area contributed by atoms with Crippen LogP contribution in [0, 0.1) is 10.1 Å². The Bertz CT molecular complexity index is 929. The second-order valence-electron chi connectivity index (χ2n) is 5.84. The molecule has 0 aliphatic heterocycles. The first-order chi connectivity index (χ1) is 13.0. The van der Waals surface area contributed by atoms with Crippen LogP contribution >= 0.6 is 23.2 Å². The summed E-state index contributed by atoms with van der Waals surface area (Å²) >= 11 is 11.9. The molecule has 0 amide bonds. The van der Waals surface area contributed by atoms with E-state index in [0.29, 0.717) is 23.2 Å². The van der Waals surface area contributed by atoms with Crippen molar-refractivity contribution in [3.05, 3.63) is 98.0 Å². The third-order valence-electron chi connectivity index (χ3n) is 3.89. The first-order valence-electron chi connectivity index (χ1n) is 8.15. The van der Waals surface area contributed by atoms with Crippen molar-refractivity contribution in [3.8, 4) is 5.75 Å². The van der Waals surface area contributed by atoms with E-state index in [1.807, 2.05) is 30.3 Å². The Kier molecular flexibility index (Phi) is 6.16. The number of hydrogen-bond acceptors (Lipinski definition) is 4. The molecule has 7 heteroatoms. The third-order valence-corrected chi connectivity index (χ3v) is 4.63. The van der Waals surface area contributed by atoms with Gasteiger partial charge in [0.1, 0.15) is 12.4 Å². The zero-order valence-corrected chi connectivity index (χ0v) is 15.7. The van der Waals surface area contributed by atoms with Gasteiger partial charge in [-0.25, -0.2) is 0 Å². The van der Waals surface area contributed by atoms with E-state index in [9.17, 15) is 10.1 Å². The van der Waals surface area contributed by atoms with Gasteiger partial charge in [0.15, 0.2) is 0 Å². The number of non-ortho nitro benzene ring substituents is 1. The Morgan fingerprint density at radius 1 is 0.889 bits per heavy atom. The van der Waals surface area contributed by atoms with Crippen LogP contribution in [0.5, 0.6) is 5.75 Å². The fourth-order valence-electron chi connectivity index (χ4n) is 2.39. The summed E-state index contributed by atoms with van der Waals surface area (Å²) < 4.78 is 5.72. The summed E-state index contributed by atoms with van der Waals surface area (Å²) in [6.07, 6.45) is 0. The molecule has 0 saturated heterocycles. The molecule has 0 radical (unpaired) electrons. The van der Waals surface area contributed by atoms with E-state index in [4.69, 9.17) is 27.9 Å². The van der Waals surface area contributed by atoms with Crippen molar-refractivity contribution in [2.45, 2.75) is 13.2 Å². The number of hydrogen-bond donors (Lipinski definition) is 1. The maximum atomic E-state index is 10.7. The molecular formula is C20H16Cl2N2O3. The molecule has 0 fully saturated rings. The van der Waals surface area contributed by atoms with Gasteiger partial charge in [0.25, 0.3) is 5.69 Å². The highest BCUT2D eigenvalue weighted by Crippen LogP contribution is 2.25. The van der Waals surface area contributed by atoms with Crippen LogP contribution in [0.25, 0.3) is 0 Å². The predicted octanol–water partition coefficient (Wildman–Crippen LogP) is 6.09. The quantitative estimate of drug-likeness (QED) is 0.383. The van der Waals surface area contributed by atoms with Gasteiger partial charge in [0.2, 0.25) is 0 Å². The molecule has 3 aromatic carbocycles. The molecule has 0 atom stereocenters. The molecule has 0 heterocycles. The summed E-state index contributed by atoms with van der Waals surface area (Å²) in [5, 5.41) is 15.0. The van der Waals surface area contributed by atoms with Crippen LogP contribution in [0.4, 0.5) is 11.4 Å². The average molecular weight is 403 g/mol. The highest BCUT2D eigenvalue weighted by atomic mass is 35.5. The zero-order valence-electron chi connectivity index (χ0n) is 14.2. The number of nitro benzene ring substituents is 1. The number of benzene rings is 3. The van der Waals surface area contributed by atoms with Crippen LogP contribution < -0.4 is 10.1 Å². The maximum absolute atomic E-state index is 10.7. The maximum Gasteiger partial charge on any atom is 0.269 e. The lowest BCUT2D eigenvalue weighted by Gasteiger charge is -2.09. The van der Waals surface area contributed by atoms with Gasteiger partial charge in [-0.1, -0.05) is 35.3 Å². The number of ether oxygens (including phenoxy) is 1. The predicted molar refractivity (Wildman–Crippen MR) is 108 cm³/mol. The molecule has 1 N–H and O–H groups in total. The Morgan fingerprint density at radius 2 is 1.56 bits per heavy atom. The molecule has 5 nitrogen and oxygen atoms in total. The molecule has 0 spiro atoms. The van der Waals surface area contributed by atoms with Crippen LogP contribution in [0.3, 0.4) is 0 Å². The van der Waals surface area contributed by atoms with E-state index in [-0.39, 0.29) is 5.69 Å². The molecule has 0 aliphatic rings. The Balaban J connectivity index is 1.52. The van der Waals surface area contributed by atoms with Gasteiger partial charge in [-0.05, 0) is 53.6 Å². The summed E-state index contributed by atoms with van der Waals surface area (Å²) in [5.41, 5.74) is 2.91. The van der Waals surface area contributed by atoms with Gasteiger partial charge in [-0.15, -0.1) is 0 Å². The van der Waals surface area contributed by atoms with E-state index >= 15 is 0 Å². The summed E-state index contributed by atoms with van der Waals surface area (Å²) in [6, 6.07) is 19.4. The summed E-state index contributed by atoms with van der Waals surface area (Å²) in [5.74, 6) is 0.728. The van der Waals surface area contributed by atoms with Gasteiger partial charge >= 0.3 is 0 Å². The van der Waals surface area contributed by atoms with Crippen molar-refractivity contribution >= 4 is 34.6 Å². The minimum atomic E-state index is -0.421. The molecule has 0 bridgehead atoms. The lowest BCUT2D eigenvalue weighted by molar-refractivity contribution is -0.384. The van der Waals surface area contributed by atoms with Crippen LogP contribution in [0.2, 0.25) is 10.0 Å². The van der Waals surface area contributed by atoms with E-state index < -0.39 is 4.92 Å². The lowest BCUT2D eigenvalue weighted by atomic mass is 10.2. The fourth-order valence-corrected chi connectivity index (χ4v) is 2.69. The molecule has 0 saturated carbocycles. The van der Waals surface area contributed by atoms with Crippen LogP contribution in [-0.2, 0) is 13.2 Å². The minimum absolute atomic E-state index is 0.0672. The number of nitrogens with one attached hydrogen (secondary N) is 1. The van der Waals surface area contributed by atoms with Crippen LogP contribution in [0.1, 0.15) is 11.1 Å². The van der Waals surface area contributed by atoms with Gasteiger partial charge in [0.05, 0.1) is 15.0 Å². The van der Waals surface area contributed by atoms with Crippen molar-refractivity contribution in [1.82, 2.24) is 0 Å². The van der Waals surface area contributed by atoms with Gasteiger partial charge < -0.3 is 10.1 Å². The number of anilines is 1. The molecule has 27 heavy (non-hydrogen) atoms. The van der Waals surface area contributed by atoms with Crippen molar-refractivity contribution in [2.75, 3.05) is 5.32 Å².